The van der Waals surface area contributed by atoms with Crippen LogP contribution in [-0.4, -0.2) is 17.8 Å². The van der Waals surface area contributed by atoms with Crippen molar-refractivity contribution in [2.45, 2.75) is 58.6 Å². The number of nitrogens with zero attached hydrogens (tertiary/aromatic N) is 1. The molecule has 36 heavy (non-hydrogen) atoms. The quantitative estimate of drug-likeness (QED) is 0.451. The highest BCUT2D eigenvalue weighted by atomic mass is 16.5. The van der Waals surface area contributed by atoms with Crippen LogP contribution in [0.4, 0.5) is 11.4 Å². The summed E-state index contributed by atoms with van der Waals surface area (Å²) in [5.41, 5.74) is 6.41. The van der Waals surface area contributed by atoms with Gasteiger partial charge in [0.15, 0.2) is 5.78 Å². The Bertz CT molecular complexity index is 1320. The molecule has 5 rings (SSSR count). The summed E-state index contributed by atoms with van der Waals surface area (Å²) in [6.07, 6.45) is 1.18. The van der Waals surface area contributed by atoms with E-state index in [0.29, 0.717) is 18.4 Å². The number of nitrogens with one attached hydrogen (secondary N) is 1. The van der Waals surface area contributed by atoms with Crippen LogP contribution in [0.5, 0.6) is 5.75 Å². The van der Waals surface area contributed by atoms with E-state index >= 15 is 0 Å². The van der Waals surface area contributed by atoms with Gasteiger partial charge in [-0.05, 0) is 68.5 Å². The number of allylic oxidation sites excluding steroid dienone is 1. The van der Waals surface area contributed by atoms with Gasteiger partial charge in [0.05, 0.1) is 23.5 Å². The van der Waals surface area contributed by atoms with Gasteiger partial charge in [-0.1, -0.05) is 54.1 Å². The molecule has 0 saturated carbocycles. The summed E-state index contributed by atoms with van der Waals surface area (Å²) in [6.45, 7) is 7.61. The lowest BCUT2D eigenvalue weighted by Gasteiger charge is -2.34. The third-order valence-electron chi connectivity index (χ3n) is 6.94. The first-order chi connectivity index (χ1) is 17.3. The topological polar surface area (TPSA) is 58.6 Å². The maximum absolute atomic E-state index is 13.9. The number of carbonyl (C=O) groups excluding carboxylic acids is 2. The summed E-state index contributed by atoms with van der Waals surface area (Å²) in [5.74, 6) is 0.807. The van der Waals surface area contributed by atoms with Gasteiger partial charge in [0, 0.05) is 24.6 Å². The summed E-state index contributed by atoms with van der Waals surface area (Å²) >= 11 is 0. The van der Waals surface area contributed by atoms with Gasteiger partial charge < -0.3 is 10.1 Å². The second-order valence-corrected chi connectivity index (χ2v) is 10.0. The SMILES string of the molecule is CC(=O)N1c2ccccc2NC2=C(C(=O)C[C@H](c3ccc(C)cc3)C2)[C@@H]1c1ccc(OC(C)C)cc1. The van der Waals surface area contributed by atoms with Crippen LogP contribution in [0.2, 0.25) is 0 Å². The lowest BCUT2D eigenvalue weighted by Crippen LogP contribution is -2.37. The van der Waals surface area contributed by atoms with Crippen LogP contribution < -0.4 is 15.0 Å². The Kier molecular flexibility index (Phi) is 6.40. The highest BCUT2D eigenvalue weighted by Crippen LogP contribution is 2.47. The Morgan fingerprint density at radius 2 is 1.61 bits per heavy atom. The summed E-state index contributed by atoms with van der Waals surface area (Å²) < 4.78 is 5.84. The maximum Gasteiger partial charge on any atom is 0.224 e. The zero-order valence-corrected chi connectivity index (χ0v) is 21.2. The first-order valence-corrected chi connectivity index (χ1v) is 12.6. The van der Waals surface area contributed by atoms with Crippen molar-refractivity contribution in [3.05, 3.63) is 101 Å². The van der Waals surface area contributed by atoms with Crippen molar-refractivity contribution in [1.29, 1.82) is 0 Å². The predicted molar refractivity (Wildman–Crippen MR) is 143 cm³/mol. The van der Waals surface area contributed by atoms with Crippen molar-refractivity contribution in [1.82, 2.24) is 0 Å². The molecule has 1 heterocycles. The second kappa shape index (κ2) is 9.65. The molecule has 2 atom stereocenters. The molecule has 0 bridgehead atoms. The van der Waals surface area contributed by atoms with Crippen molar-refractivity contribution in [2.75, 3.05) is 10.2 Å². The highest BCUT2D eigenvalue weighted by molar-refractivity contribution is 6.06. The van der Waals surface area contributed by atoms with Crippen LogP contribution in [0.15, 0.2) is 84.1 Å². The van der Waals surface area contributed by atoms with Crippen molar-refractivity contribution in [3.63, 3.8) is 0 Å². The van der Waals surface area contributed by atoms with Gasteiger partial charge in [-0.3, -0.25) is 14.5 Å². The Morgan fingerprint density at radius 1 is 0.944 bits per heavy atom. The van der Waals surface area contributed by atoms with Crippen LogP contribution in [0, 0.1) is 6.92 Å². The van der Waals surface area contributed by atoms with E-state index in [0.717, 1.165) is 33.9 Å². The number of ketones is 1. The fraction of sp³-hybridized carbons (Fsp3) is 0.290. The number of fused-ring (bicyclic) bond motifs is 1. The molecule has 0 spiro atoms. The number of amides is 1. The third-order valence-corrected chi connectivity index (χ3v) is 6.94. The number of aryl methyl sites for hydroxylation is 1. The molecule has 184 valence electrons. The summed E-state index contributed by atoms with van der Waals surface area (Å²) in [4.78, 5) is 28.8. The Morgan fingerprint density at radius 3 is 2.28 bits per heavy atom. The van der Waals surface area contributed by atoms with Crippen molar-refractivity contribution in [2.24, 2.45) is 0 Å². The van der Waals surface area contributed by atoms with Crippen molar-refractivity contribution < 1.29 is 14.3 Å². The Balaban J connectivity index is 1.64. The van der Waals surface area contributed by atoms with Gasteiger partial charge in [0.2, 0.25) is 5.91 Å². The van der Waals surface area contributed by atoms with Crippen LogP contribution in [-0.2, 0) is 9.59 Å². The van der Waals surface area contributed by atoms with Gasteiger partial charge in [0.25, 0.3) is 0 Å². The molecule has 3 aromatic carbocycles. The van der Waals surface area contributed by atoms with E-state index in [9.17, 15) is 9.59 Å². The normalized spacial score (nSPS) is 19.4. The fourth-order valence-corrected chi connectivity index (χ4v) is 5.33. The summed E-state index contributed by atoms with van der Waals surface area (Å²) in [6, 6.07) is 23.5. The highest BCUT2D eigenvalue weighted by Gasteiger charge is 2.40. The number of carbonyl (C=O) groups is 2. The second-order valence-electron chi connectivity index (χ2n) is 10.0. The number of Topliss-reactive ketones (excluding diaryl/α,β-unsaturated/α-hetero) is 1. The van der Waals surface area contributed by atoms with Crippen LogP contribution in [0.25, 0.3) is 0 Å². The van der Waals surface area contributed by atoms with E-state index < -0.39 is 6.04 Å². The predicted octanol–water partition coefficient (Wildman–Crippen LogP) is 6.70. The smallest absolute Gasteiger partial charge is 0.224 e. The number of hydrogen-bond donors (Lipinski definition) is 1. The minimum atomic E-state index is -0.520. The molecular formula is C31H32N2O3. The number of rotatable bonds is 4. The minimum Gasteiger partial charge on any atom is -0.491 e. The van der Waals surface area contributed by atoms with E-state index in [-0.39, 0.29) is 23.7 Å². The number of ether oxygens (including phenoxy) is 1. The molecule has 0 saturated heterocycles. The molecule has 0 fully saturated rings. The van der Waals surface area contributed by atoms with Crippen LogP contribution in [0.1, 0.15) is 62.3 Å². The van der Waals surface area contributed by atoms with E-state index in [1.165, 1.54) is 5.56 Å². The fourth-order valence-electron chi connectivity index (χ4n) is 5.33. The molecule has 1 aliphatic heterocycles. The largest absolute Gasteiger partial charge is 0.491 e. The summed E-state index contributed by atoms with van der Waals surface area (Å²) in [5, 5.41) is 3.57. The molecule has 0 aromatic heterocycles. The zero-order valence-electron chi connectivity index (χ0n) is 21.2. The molecule has 3 aromatic rings. The van der Waals surface area contributed by atoms with Gasteiger partial charge in [-0.25, -0.2) is 0 Å². The van der Waals surface area contributed by atoms with E-state index in [1.54, 1.807) is 11.8 Å². The molecule has 0 radical (unpaired) electrons. The first kappa shape index (κ1) is 23.9. The molecule has 5 heteroatoms. The zero-order chi connectivity index (χ0) is 25.4. The molecular weight excluding hydrogens is 448 g/mol. The average Bonchev–Trinajstić information content (AvgIpc) is 2.99. The third kappa shape index (κ3) is 4.53. The molecule has 1 aliphatic carbocycles. The van der Waals surface area contributed by atoms with Gasteiger partial charge in [-0.15, -0.1) is 0 Å². The monoisotopic (exact) mass is 480 g/mol. The number of para-hydroxylation sites is 2. The Hall–Kier alpha value is -3.86. The van der Waals surface area contributed by atoms with E-state index in [4.69, 9.17) is 4.74 Å². The number of benzene rings is 3. The number of anilines is 2. The number of hydrogen-bond acceptors (Lipinski definition) is 4. The lowest BCUT2D eigenvalue weighted by molar-refractivity contribution is -0.117. The Labute approximate surface area is 212 Å². The first-order valence-electron chi connectivity index (χ1n) is 12.6. The molecule has 5 nitrogen and oxygen atoms in total. The standard InChI is InChI=1S/C31H32N2O3/c1-19(2)36-25-15-13-23(14-16-25)31-30-27(32-26-7-5-6-8-28(26)33(31)21(4)34)17-24(18-29(30)35)22-11-9-20(3)10-12-22/h5-16,19,24,31-32H,17-18H2,1-4H3/t24-,31+/m1/s1. The molecule has 2 aliphatic rings. The van der Waals surface area contributed by atoms with E-state index in [2.05, 4.69) is 36.5 Å². The maximum atomic E-state index is 13.9. The lowest BCUT2D eigenvalue weighted by atomic mass is 9.78. The average molecular weight is 481 g/mol. The van der Waals surface area contributed by atoms with Crippen molar-refractivity contribution >= 4 is 23.1 Å². The molecule has 1 amide bonds. The summed E-state index contributed by atoms with van der Waals surface area (Å²) in [7, 11) is 0. The van der Waals surface area contributed by atoms with Crippen LogP contribution in [0.3, 0.4) is 0 Å². The van der Waals surface area contributed by atoms with Gasteiger partial charge in [0.1, 0.15) is 5.75 Å². The minimum absolute atomic E-state index is 0.0615. The van der Waals surface area contributed by atoms with Gasteiger partial charge in [-0.2, -0.15) is 0 Å². The molecule has 1 N–H and O–H groups in total. The molecule has 0 unspecified atom stereocenters. The van der Waals surface area contributed by atoms with Crippen molar-refractivity contribution in [3.8, 4) is 5.75 Å². The van der Waals surface area contributed by atoms with Gasteiger partial charge >= 0.3 is 0 Å². The van der Waals surface area contributed by atoms with Crippen LogP contribution >= 0.6 is 0 Å². The van der Waals surface area contributed by atoms with E-state index in [1.807, 2.05) is 62.4 Å².